The Morgan fingerprint density at radius 1 is 1.39 bits per heavy atom. The summed E-state index contributed by atoms with van der Waals surface area (Å²) in [6, 6.07) is 8.67. The maximum absolute atomic E-state index is 5.76. The Morgan fingerprint density at radius 2 is 2.22 bits per heavy atom. The molecule has 100 valence electrons. The van der Waals surface area contributed by atoms with Gasteiger partial charge < -0.3 is 14.8 Å². The average molecular weight is 249 g/mol. The van der Waals surface area contributed by atoms with E-state index in [1.807, 2.05) is 18.2 Å². The van der Waals surface area contributed by atoms with E-state index in [4.69, 9.17) is 9.47 Å². The van der Waals surface area contributed by atoms with Crippen molar-refractivity contribution in [2.75, 3.05) is 18.5 Å². The summed E-state index contributed by atoms with van der Waals surface area (Å²) in [7, 11) is 0. The van der Waals surface area contributed by atoms with Crippen LogP contribution < -0.4 is 10.1 Å². The Labute approximate surface area is 109 Å². The molecule has 0 aliphatic carbocycles. The molecule has 3 heteroatoms. The van der Waals surface area contributed by atoms with Gasteiger partial charge in [0.25, 0.3) is 0 Å². The molecule has 1 fully saturated rings. The zero-order valence-corrected chi connectivity index (χ0v) is 11.3. The Balaban J connectivity index is 1.99. The van der Waals surface area contributed by atoms with E-state index in [0.717, 1.165) is 43.9 Å². The molecule has 0 amide bonds. The van der Waals surface area contributed by atoms with Gasteiger partial charge in [-0.3, -0.25) is 0 Å². The van der Waals surface area contributed by atoms with Gasteiger partial charge in [-0.15, -0.1) is 0 Å². The van der Waals surface area contributed by atoms with Gasteiger partial charge >= 0.3 is 0 Å². The molecule has 18 heavy (non-hydrogen) atoms. The fourth-order valence-electron chi connectivity index (χ4n) is 2.27. The van der Waals surface area contributed by atoms with Gasteiger partial charge in [0.2, 0.25) is 0 Å². The molecule has 1 heterocycles. The van der Waals surface area contributed by atoms with Crippen molar-refractivity contribution < 1.29 is 9.47 Å². The maximum atomic E-state index is 5.76. The maximum Gasteiger partial charge on any atom is 0.142 e. The third kappa shape index (κ3) is 3.64. The fraction of sp³-hybridized carbons (Fsp3) is 0.600. The van der Waals surface area contributed by atoms with Crippen molar-refractivity contribution in [1.29, 1.82) is 0 Å². The summed E-state index contributed by atoms with van der Waals surface area (Å²) in [6.07, 6.45) is 3.50. The van der Waals surface area contributed by atoms with E-state index in [-0.39, 0.29) is 0 Å². The zero-order valence-electron chi connectivity index (χ0n) is 11.3. The monoisotopic (exact) mass is 249 g/mol. The highest BCUT2D eigenvalue weighted by Crippen LogP contribution is 2.27. The highest BCUT2D eigenvalue weighted by Gasteiger charge is 2.19. The molecule has 0 aromatic heterocycles. The SMILES string of the molecule is CCCOc1ccccc1NC1CCOC(C)C1. The van der Waals surface area contributed by atoms with Gasteiger partial charge in [-0.25, -0.2) is 0 Å². The van der Waals surface area contributed by atoms with E-state index < -0.39 is 0 Å². The zero-order chi connectivity index (χ0) is 12.8. The molecule has 2 rings (SSSR count). The van der Waals surface area contributed by atoms with Gasteiger partial charge in [-0.1, -0.05) is 19.1 Å². The highest BCUT2D eigenvalue weighted by molar-refractivity contribution is 5.56. The molecule has 1 N–H and O–H groups in total. The smallest absolute Gasteiger partial charge is 0.142 e. The van der Waals surface area contributed by atoms with Crippen molar-refractivity contribution >= 4 is 5.69 Å². The number of anilines is 1. The normalized spacial score (nSPS) is 23.7. The van der Waals surface area contributed by atoms with Crippen LogP contribution in [-0.4, -0.2) is 25.4 Å². The van der Waals surface area contributed by atoms with E-state index in [2.05, 4.69) is 25.2 Å². The van der Waals surface area contributed by atoms with Crippen LogP contribution in [0.5, 0.6) is 5.75 Å². The van der Waals surface area contributed by atoms with Gasteiger partial charge in [0.1, 0.15) is 5.75 Å². The number of nitrogens with one attached hydrogen (secondary N) is 1. The van der Waals surface area contributed by atoms with Gasteiger partial charge in [-0.05, 0) is 38.3 Å². The molecule has 1 aromatic carbocycles. The van der Waals surface area contributed by atoms with Crippen LogP contribution in [0.3, 0.4) is 0 Å². The van der Waals surface area contributed by atoms with Crippen molar-refractivity contribution in [2.24, 2.45) is 0 Å². The first-order valence-corrected chi connectivity index (χ1v) is 6.89. The second-order valence-corrected chi connectivity index (χ2v) is 4.89. The van der Waals surface area contributed by atoms with Crippen LogP contribution in [0, 0.1) is 0 Å². The third-order valence-electron chi connectivity index (χ3n) is 3.19. The summed E-state index contributed by atoms with van der Waals surface area (Å²) in [5, 5.41) is 3.58. The van der Waals surface area contributed by atoms with Gasteiger partial charge in [0, 0.05) is 12.6 Å². The standard InChI is InChI=1S/C15H23NO2/c1-3-9-18-15-7-5-4-6-14(15)16-13-8-10-17-12(2)11-13/h4-7,12-13,16H,3,8-11H2,1-2H3. The lowest BCUT2D eigenvalue weighted by molar-refractivity contribution is 0.0232. The summed E-state index contributed by atoms with van der Waals surface area (Å²) in [5.41, 5.74) is 1.10. The molecule has 1 aliphatic heterocycles. The first kappa shape index (κ1) is 13.2. The summed E-state index contributed by atoms with van der Waals surface area (Å²) in [6.45, 7) is 5.86. The highest BCUT2D eigenvalue weighted by atomic mass is 16.5. The largest absolute Gasteiger partial charge is 0.491 e. The number of hydrogen-bond donors (Lipinski definition) is 1. The molecule has 1 aromatic rings. The van der Waals surface area contributed by atoms with Crippen molar-refractivity contribution in [3.8, 4) is 5.75 Å². The minimum absolute atomic E-state index is 0.347. The predicted octanol–water partition coefficient (Wildman–Crippen LogP) is 3.45. The number of hydrogen-bond acceptors (Lipinski definition) is 3. The second kappa shape index (κ2) is 6.64. The van der Waals surface area contributed by atoms with Crippen molar-refractivity contribution in [1.82, 2.24) is 0 Å². The van der Waals surface area contributed by atoms with Gasteiger partial charge in [0.15, 0.2) is 0 Å². The van der Waals surface area contributed by atoms with Crippen LogP contribution in [-0.2, 0) is 4.74 Å². The number of benzene rings is 1. The fourth-order valence-corrected chi connectivity index (χ4v) is 2.27. The molecule has 2 unspecified atom stereocenters. The Kier molecular flexibility index (Phi) is 4.88. The molecule has 2 atom stereocenters. The topological polar surface area (TPSA) is 30.5 Å². The molecular weight excluding hydrogens is 226 g/mol. The molecule has 3 nitrogen and oxygen atoms in total. The number of ether oxygens (including phenoxy) is 2. The molecule has 0 radical (unpaired) electrons. The molecule has 0 bridgehead atoms. The van der Waals surface area contributed by atoms with E-state index in [0.29, 0.717) is 12.1 Å². The van der Waals surface area contributed by atoms with Crippen molar-refractivity contribution in [2.45, 2.75) is 45.3 Å². The molecular formula is C15H23NO2. The summed E-state index contributed by atoms with van der Waals surface area (Å²) < 4.78 is 11.3. The molecule has 0 spiro atoms. The lowest BCUT2D eigenvalue weighted by Crippen LogP contribution is -2.32. The average Bonchev–Trinajstić information content (AvgIpc) is 2.38. The Bertz CT molecular complexity index is 367. The minimum Gasteiger partial charge on any atom is -0.491 e. The van der Waals surface area contributed by atoms with E-state index in [1.165, 1.54) is 0 Å². The quantitative estimate of drug-likeness (QED) is 0.867. The molecule has 1 aliphatic rings. The van der Waals surface area contributed by atoms with Gasteiger partial charge in [-0.2, -0.15) is 0 Å². The summed E-state index contributed by atoms with van der Waals surface area (Å²) in [5.74, 6) is 0.957. The van der Waals surface area contributed by atoms with Crippen LogP contribution in [0.4, 0.5) is 5.69 Å². The summed E-state index contributed by atoms with van der Waals surface area (Å²) in [4.78, 5) is 0. The van der Waals surface area contributed by atoms with Crippen LogP contribution in [0.15, 0.2) is 24.3 Å². The Hall–Kier alpha value is -1.22. The lowest BCUT2D eigenvalue weighted by atomic mass is 10.0. The Morgan fingerprint density at radius 3 is 3.00 bits per heavy atom. The third-order valence-corrected chi connectivity index (χ3v) is 3.19. The van der Waals surface area contributed by atoms with Crippen molar-refractivity contribution in [3.63, 3.8) is 0 Å². The first-order chi connectivity index (χ1) is 8.79. The predicted molar refractivity (Wildman–Crippen MR) is 74.3 cm³/mol. The molecule has 1 saturated heterocycles. The lowest BCUT2D eigenvalue weighted by Gasteiger charge is -2.29. The van der Waals surface area contributed by atoms with Crippen LogP contribution in [0.1, 0.15) is 33.1 Å². The van der Waals surface area contributed by atoms with Crippen LogP contribution in [0.25, 0.3) is 0 Å². The number of rotatable bonds is 5. The van der Waals surface area contributed by atoms with Crippen molar-refractivity contribution in [3.05, 3.63) is 24.3 Å². The van der Waals surface area contributed by atoms with E-state index in [1.54, 1.807) is 0 Å². The number of para-hydroxylation sites is 2. The summed E-state index contributed by atoms with van der Waals surface area (Å²) >= 11 is 0. The molecule has 0 saturated carbocycles. The van der Waals surface area contributed by atoms with Crippen LogP contribution >= 0.6 is 0 Å². The van der Waals surface area contributed by atoms with Gasteiger partial charge in [0.05, 0.1) is 18.4 Å². The van der Waals surface area contributed by atoms with Crippen LogP contribution in [0.2, 0.25) is 0 Å². The first-order valence-electron chi connectivity index (χ1n) is 6.89. The second-order valence-electron chi connectivity index (χ2n) is 4.89. The van der Waals surface area contributed by atoms with E-state index in [9.17, 15) is 0 Å². The van der Waals surface area contributed by atoms with E-state index >= 15 is 0 Å². The minimum atomic E-state index is 0.347.